The van der Waals surface area contributed by atoms with Crippen LogP contribution in [0.5, 0.6) is 5.75 Å². The van der Waals surface area contributed by atoms with Crippen LogP contribution in [-0.4, -0.2) is 48.8 Å². The number of amides is 1. The molecule has 0 spiro atoms. The van der Waals surface area contributed by atoms with E-state index in [2.05, 4.69) is 18.3 Å². The van der Waals surface area contributed by atoms with Gasteiger partial charge in [-0.15, -0.1) is 0 Å². The largest absolute Gasteiger partial charge is 0.496 e. The van der Waals surface area contributed by atoms with Crippen molar-refractivity contribution >= 4 is 29.2 Å². The van der Waals surface area contributed by atoms with Crippen LogP contribution in [0.4, 0.5) is 0 Å². The molecule has 196 valence electrons. The molecule has 1 atom stereocenters. The third-order valence-corrected chi connectivity index (χ3v) is 6.77. The Morgan fingerprint density at radius 3 is 2.68 bits per heavy atom. The standard InChI is InChI=1S/C30H35NO5S/c1-21-8-4-5-10-24(18-21)26-19-22(20-36-16-14-23-9-6-7-11-28(23)35-2)12-13-25(26)29(32)31-27(30(33)34)15-17-37-3/h4-13,19,27H,14-18,20H2,1-3H3,(H,31,32)(H,33,34). The normalized spacial score (nSPS) is 13.8. The van der Waals surface area contributed by atoms with E-state index < -0.39 is 12.0 Å². The van der Waals surface area contributed by atoms with Crippen LogP contribution in [0, 0.1) is 0 Å². The van der Waals surface area contributed by atoms with Gasteiger partial charge in [0.15, 0.2) is 0 Å². The van der Waals surface area contributed by atoms with Crippen LogP contribution in [-0.2, 0) is 22.6 Å². The Balaban J connectivity index is 1.79. The van der Waals surface area contributed by atoms with Crippen molar-refractivity contribution < 1.29 is 24.2 Å². The number of thioether (sulfide) groups is 1. The molecule has 0 aliphatic heterocycles. The smallest absolute Gasteiger partial charge is 0.326 e. The molecule has 0 saturated carbocycles. The van der Waals surface area contributed by atoms with Crippen LogP contribution in [0.3, 0.4) is 0 Å². The van der Waals surface area contributed by atoms with Gasteiger partial charge in [-0.25, -0.2) is 4.79 Å². The molecule has 0 saturated heterocycles. The number of methoxy groups -OCH3 is 1. The maximum absolute atomic E-state index is 13.3. The molecule has 0 radical (unpaired) electrons. The molecule has 1 aliphatic carbocycles. The van der Waals surface area contributed by atoms with E-state index in [0.717, 1.165) is 34.4 Å². The summed E-state index contributed by atoms with van der Waals surface area (Å²) in [7, 11) is 1.66. The fourth-order valence-corrected chi connectivity index (χ4v) is 4.62. The molecule has 1 amide bonds. The minimum Gasteiger partial charge on any atom is -0.496 e. The number of para-hydroxylation sites is 1. The lowest BCUT2D eigenvalue weighted by molar-refractivity contribution is -0.139. The number of aliphatic carboxylic acids is 1. The van der Waals surface area contributed by atoms with Crippen LogP contribution in [0.15, 0.2) is 72.3 Å². The predicted molar refractivity (Wildman–Crippen MR) is 150 cm³/mol. The Morgan fingerprint density at radius 2 is 1.92 bits per heavy atom. The molecule has 2 N–H and O–H groups in total. The first kappa shape index (κ1) is 28.3. The van der Waals surface area contributed by atoms with Crippen molar-refractivity contribution in [2.75, 3.05) is 25.7 Å². The number of carboxylic acid groups (broad SMARTS) is 1. The molecule has 2 aromatic rings. The van der Waals surface area contributed by atoms with E-state index in [1.54, 1.807) is 24.9 Å². The Labute approximate surface area is 223 Å². The minimum absolute atomic E-state index is 0.364. The van der Waals surface area contributed by atoms with E-state index in [9.17, 15) is 14.7 Å². The summed E-state index contributed by atoms with van der Waals surface area (Å²) in [6.45, 7) is 2.98. The summed E-state index contributed by atoms with van der Waals surface area (Å²) in [5, 5.41) is 12.3. The maximum Gasteiger partial charge on any atom is 0.326 e. The van der Waals surface area contributed by atoms with E-state index in [1.807, 2.05) is 60.9 Å². The quantitative estimate of drug-likeness (QED) is 0.330. The summed E-state index contributed by atoms with van der Waals surface area (Å²) >= 11 is 1.55. The average Bonchev–Trinajstić information content (AvgIpc) is 3.13. The van der Waals surface area contributed by atoms with Crippen molar-refractivity contribution in [1.29, 1.82) is 0 Å². The topological polar surface area (TPSA) is 84.9 Å². The number of rotatable bonds is 13. The van der Waals surface area contributed by atoms with Crippen LogP contribution in [0.25, 0.3) is 5.57 Å². The molecule has 1 unspecified atom stereocenters. The van der Waals surface area contributed by atoms with Gasteiger partial charge in [-0.2, -0.15) is 11.8 Å². The lowest BCUT2D eigenvalue weighted by Gasteiger charge is -2.18. The van der Waals surface area contributed by atoms with Gasteiger partial charge in [-0.3, -0.25) is 4.79 Å². The summed E-state index contributed by atoms with van der Waals surface area (Å²) in [6, 6.07) is 12.6. The van der Waals surface area contributed by atoms with Gasteiger partial charge in [0.2, 0.25) is 0 Å². The van der Waals surface area contributed by atoms with Crippen LogP contribution in [0.1, 0.15) is 46.8 Å². The molecule has 0 aromatic heterocycles. The molecule has 6 nitrogen and oxygen atoms in total. The first-order chi connectivity index (χ1) is 17.9. The molecule has 2 aromatic carbocycles. The average molecular weight is 522 g/mol. The highest BCUT2D eigenvalue weighted by Gasteiger charge is 2.23. The summed E-state index contributed by atoms with van der Waals surface area (Å²) in [6.07, 6.45) is 11.7. The number of carbonyl (C=O) groups is 2. The van der Waals surface area contributed by atoms with Crippen LogP contribution < -0.4 is 10.1 Å². The number of carboxylic acids is 1. The predicted octanol–water partition coefficient (Wildman–Crippen LogP) is 5.68. The van der Waals surface area contributed by atoms with Gasteiger partial charge in [0, 0.05) is 5.56 Å². The van der Waals surface area contributed by atoms with Gasteiger partial charge < -0.3 is 19.9 Å². The number of benzene rings is 2. The third kappa shape index (κ3) is 8.37. The van der Waals surface area contributed by atoms with E-state index in [1.165, 1.54) is 5.57 Å². The summed E-state index contributed by atoms with van der Waals surface area (Å²) in [4.78, 5) is 25.0. The van der Waals surface area contributed by atoms with Gasteiger partial charge in [0.25, 0.3) is 5.91 Å². The van der Waals surface area contributed by atoms with Crippen molar-refractivity contribution in [3.63, 3.8) is 0 Å². The first-order valence-electron chi connectivity index (χ1n) is 12.3. The van der Waals surface area contributed by atoms with Gasteiger partial charge in [0.1, 0.15) is 11.8 Å². The minimum atomic E-state index is -1.03. The van der Waals surface area contributed by atoms with Crippen molar-refractivity contribution in [2.24, 2.45) is 0 Å². The number of ether oxygens (including phenoxy) is 2. The van der Waals surface area contributed by atoms with E-state index in [4.69, 9.17) is 9.47 Å². The molecule has 37 heavy (non-hydrogen) atoms. The molecule has 1 aliphatic rings. The van der Waals surface area contributed by atoms with Crippen molar-refractivity contribution in [1.82, 2.24) is 5.32 Å². The van der Waals surface area contributed by atoms with E-state index >= 15 is 0 Å². The third-order valence-electron chi connectivity index (χ3n) is 6.12. The number of hydrogen-bond acceptors (Lipinski definition) is 5. The molecule has 7 heteroatoms. The molecular weight excluding hydrogens is 486 g/mol. The zero-order chi connectivity index (χ0) is 26.6. The maximum atomic E-state index is 13.3. The van der Waals surface area contributed by atoms with Crippen molar-refractivity contribution in [2.45, 2.75) is 38.8 Å². The lowest BCUT2D eigenvalue weighted by atomic mass is 9.92. The van der Waals surface area contributed by atoms with Gasteiger partial charge in [-0.05, 0) is 78.7 Å². The Hall–Kier alpha value is -3.29. The summed E-state index contributed by atoms with van der Waals surface area (Å²) in [5.41, 5.74) is 5.45. The highest BCUT2D eigenvalue weighted by Crippen LogP contribution is 2.29. The van der Waals surface area contributed by atoms with Gasteiger partial charge in [0.05, 0.1) is 20.3 Å². The molecular formula is C30H35NO5S. The number of allylic oxidation sites excluding steroid dienone is 6. The Bertz CT molecular complexity index is 1180. The fraction of sp³-hybridized carbons (Fsp3) is 0.333. The molecule has 0 bridgehead atoms. The zero-order valence-corrected chi connectivity index (χ0v) is 22.5. The van der Waals surface area contributed by atoms with Crippen LogP contribution in [0.2, 0.25) is 0 Å². The van der Waals surface area contributed by atoms with Crippen LogP contribution >= 0.6 is 11.8 Å². The summed E-state index contributed by atoms with van der Waals surface area (Å²) < 4.78 is 11.4. The second kappa shape index (κ2) is 14.4. The van der Waals surface area contributed by atoms with Crippen molar-refractivity contribution in [3.05, 3.63) is 94.6 Å². The number of carbonyl (C=O) groups excluding carboxylic acids is 1. The first-order valence-corrected chi connectivity index (χ1v) is 13.7. The summed E-state index contributed by atoms with van der Waals surface area (Å²) in [5.74, 6) is 0.0786. The van der Waals surface area contributed by atoms with Gasteiger partial charge >= 0.3 is 5.97 Å². The van der Waals surface area contributed by atoms with E-state index in [0.29, 0.717) is 37.4 Å². The highest BCUT2D eigenvalue weighted by molar-refractivity contribution is 7.98. The SMILES string of the molecule is COc1ccccc1CCOCc1ccc(C(=O)NC(CCSC)C(=O)O)c(C2=CC=CC=C(C)C2)c1. The van der Waals surface area contributed by atoms with Gasteiger partial charge in [-0.1, -0.05) is 54.1 Å². The highest BCUT2D eigenvalue weighted by atomic mass is 32.2. The van der Waals surface area contributed by atoms with Crippen molar-refractivity contribution in [3.8, 4) is 5.75 Å². The zero-order valence-electron chi connectivity index (χ0n) is 21.7. The fourth-order valence-electron chi connectivity index (χ4n) is 4.15. The molecule has 0 heterocycles. The second-order valence-electron chi connectivity index (χ2n) is 8.91. The number of hydrogen-bond donors (Lipinski definition) is 2. The molecule has 0 fully saturated rings. The Morgan fingerprint density at radius 1 is 1.14 bits per heavy atom. The van der Waals surface area contributed by atoms with E-state index in [-0.39, 0.29) is 5.91 Å². The number of nitrogens with one attached hydrogen (secondary N) is 1. The second-order valence-corrected chi connectivity index (χ2v) is 9.89. The lowest BCUT2D eigenvalue weighted by Crippen LogP contribution is -2.41. The molecule has 3 rings (SSSR count). The Kier molecular flexibility index (Phi) is 11.0. The monoisotopic (exact) mass is 521 g/mol.